The lowest BCUT2D eigenvalue weighted by molar-refractivity contribution is 0.0913. The summed E-state index contributed by atoms with van der Waals surface area (Å²) >= 11 is 1.58. The molecule has 4 rings (SSSR count). The topological polar surface area (TPSA) is 32.3 Å². The number of nitrogens with zero attached hydrogens (tertiary/aromatic N) is 1. The minimum absolute atomic E-state index is 0.0841. The van der Waals surface area contributed by atoms with Gasteiger partial charge in [-0.05, 0) is 49.9 Å². The second-order valence-electron chi connectivity index (χ2n) is 6.85. The lowest BCUT2D eigenvalue weighted by Gasteiger charge is -2.30. The first kappa shape index (κ1) is 14.9. The van der Waals surface area contributed by atoms with Gasteiger partial charge in [0.25, 0.3) is 5.91 Å². The number of carbonyl (C=O) groups is 1. The summed E-state index contributed by atoms with van der Waals surface area (Å²) in [5, 5.41) is 3.24. The summed E-state index contributed by atoms with van der Waals surface area (Å²) in [6, 6.07) is 12.8. The molecular formula is C19H22N2OS. The van der Waals surface area contributed by atoms with E-state index in [0.29, 0.717) is 6.04 Å². The minimum Gasteiger partial charge on any atom is -0.347 e. The van der Waals surface area contributed by atoms with E-state index in [1.807, 2.05) is 6.07 Å². The summed E-state index contributed by atoms with van der Waals surface area (Å²) < 4.78 is 0. The molecule has 1 unspecified atom stereocenters. The molecule has 1 N–H and O–H groups in total. The van der Waals surface area contributed by atoms with Crippen LogP contribution in [0.3, 0.4) is 0 Å². The van der Waals surface area contributed by atoms with Gasteiger partial charge in [-0.3, -0.25) is 4.79 Å². The standard InChI is InChI=1S/C19H22N2OS/c1-13-2-4-15(5-3-13)17-6-7-18(23-17)19(22)20-16-10-14-8-9-21(11-14)12-16/h2-7,14,16H,8-12H2,1H3,(H,20,22)/t14-,16+/m0/s1. The van der Waals surface area contributed by atoms with Gasteiger partial charge in [0, 0.05) is 24.0 Å². The highest BCUT2D eigenvalue weighted by Gasteiger charge is 2.33. The Morgan fingerprint density at radius 3 is 2.78 bits per heavy atom. The number of benzene rings is 1. The summed E-state index contributed by atoms with van der Waals surface area (Å²) in [5.74, 6) is 0.862. The number of aryl methyl sites for hydroxylation is 1. The predicted octanol–water partition coefficient (Wildman–Crippen LogP) is 3.55. The van der Waals surface area contributed by atoms with Crippen molar-refractivity contribution in [1.82, 2.24) is 10.2 Å². The van der Waals surface area contributed by atoms with E-state index in [9.17, 15) is 4.79 Å². The van der Waals surface area contributed by atoms with Gasteiger partial charge in [0.2, 0.25) is 0 Å². The van der Waals surface area contributed by atoms with E-state index in [4.69, 9.17) is 0 Å². The van der Waals surface area contributed by atoms with E-state index in [0.717, 1.165) is 28.6 Å². The Morgan fingerprint density at radius 1 is 1.17 bits per heavy atom. The Labute approximate surface area is 141 Å². The van der Waals surface area contributed by atoms with Crippen LogP contribution in [0.15, 0.2) is 36.4 Å². The molecule has 0 saturated carbocycles. The van der Waals surface area contributed by atoms with Gasteiger partial charge in [-0.1, -0.05) is 29.8 Å². The van der Waals surface area contributed by atoms with Gasteiger partial charge >= 0.3 is 0 Å². The van der Waals surface area contributed by atoms with Crippen molar-refractivity contribution in [3.63, 3.8) is 0 Å². The zero-order valence-corrected chi connectivity index (χ0v) is 14.2. The van der Waals surface area contributed by atoms with Gasteiger partial charge in [0.1, 0.15) is 0 Å². The van der Waals surface area contributed by atoms with Crippen LogP contribution in [0.1, 0.15) is 28.1 Å². The van der Waals surface area contributed by atoms with Crippen molar-refractivity contribution in [3.8, 4) is 10.4 Å². The Balaban J connectivity index is 1.44. The van der Waals surface area contributed by atoms with Gasteiger partial charge in [-0.15, -0.1) is 11.3 Å². The average Bonchev–Trinajstić information content (AvgIpc) is 3.15. The van der Waals surface area contributed by atoms with E-state index in [-0.39, 0.29) is 5.91 Å². The van der Waals surface area contributed by atoms with Crippen LogP contribution in [0.25, 0.3) is 10.4 Å². The molecule has 1 aromatic carbocycles. The summed E-state index contributed by atoms with van der Waals surface area (Å²) in [7, 11) is 0. The monoisotopic (exact) mass is 326 g/mol. The fourth-order valence-electron chi connectivity index (χ4n) is 3.75. The van der Waals surface area contributed by atoms with Crippen LogP contribution in [0.4, 0.5) is 0 Å². The maximum absolute atomic E-state index is 12.5. The average molecular weight is 326 g/mol. The molecule has 2 bridgehead atoms. The molecule has 2 aromatic rings. The first-order chi connectivity index (χ1) is 11.2. The second-order valence-corrected chi connectivity index (χ2v) is 7.93. The number of rotatable bonds is 3. The normalized spacial score (nSPS) is 26.2. The zero-order valence-electron chi connectivity index (χ0n) is 13.4. The second kappa shape index (κ2) is 6.10. The van der Waals surface area contributed by atoms with E-state index < -0.39 is 0 Å². The van der Waals surface area contributed by atoms with Crippen molar-refractivity contribution >= 4 is 17.2 Å². The Morgan fingerprint density at radius 2 is 2.00 bits per heavy atom. The molecule has 2 saturated heterocycles. The molecule has 0 aliphatic carbocycles. The predicted molar refractivity (Wildman–Crippen MR) is 94.9 cm³/mol. The van der Waals surface area contributed by atoms with Gasteiger partial charge < -0.3 is 10.2 Å². The fourth-order valence-corrected chi connectivity index (χ4v) is 4.67. The van der Waals surface area contributed by atoms with Gasteiger partial charge in [-0.2, -0.15) is 0 Å². The Hall–Kier alpha value is -1.65. The van der Waals surface area contributed by atoms with Crippen LogP contribution in [-0.2, 0) is 0 Å². The van der Waals surface area contributed by atoms with Gasteiger partial charge in [-0.25, -0.2) is 0 Å². The molecule has 2 aliphatic rings. The van der Waals surface area contributed by atoms with E-state index in [2.05, 4.69) is 47.5 Å². The third-order valence-electron chi connectivity index (χ3n) is 4.97. The van der Waals surface area contributed by atoms with Crippen LogP contribution >= 0.6 is 11.3 Å². The molecule has 4 heteroatoms. The summed E-state index contributed by atoms with van der Waals surface area (Å²) in [4.78, 5) is 17.0. The number of hydrogen-bond acceptors (Lipinski definition) is 3. The summed E-state index contributed by atoms with van der Waals surface area (Å²) in [6.45, 7) is 5.53. The molecule has 23 heavy (non-hydrogen) atoms. The highest BCUT2D eigenvalue weighted by molar-refractivity contribution is 7.17. The Kier molecular flexibility index (Phi) is 3.95. The first-order valence-electron chi connectivity index (χ1n) is 8.37. The molecule has 1 aromatic heterocycles. The Bertz CT molecular complexity index is 694. The molecular weight excluding hydrogens is 304 g/mol. The molecule has 2 aliphatic heterocycles. The summed E-state index contributed by atoms with van der Waals surface area (Å²) in [5.41, 5.74) is 2.44. The molecule has 3 nitrogen and oxygen atoms in total. The largest absolute Gasteiger partial charge is 0.347 e. The molecule has 2 fully saturated rings. The maximum Gasteiger partial charge on any atom is 0.261 e. The van der Waals surface area contributed by atoms with Crippen molar-refractivity contribution in [2.24, 2.45) is 5.92 Å². The van der Waals surface area contributed by atoms with E-state index >= 15 is 0 Å². The highest BCUT2D eigenvalue weighted by Crippen LogP contribution is 2.30. The molecule has 0 spiro atoms. The van der Waals surface area contributed by atoms with Crippen LogP contribution < -0.4 is 5.32 Å². The minimum atomic E-state index is 0.0841. The van der Waals surface area contributed by atoms with Crippen molar-refractivity contribution in [3.05, 3.63) is 46.8 Å². The lowest BCUT2D eigenvalue weighted by atomic mass is 9.97. The quantitative estimate of drug-likeness (QED) is 0.935. The fraction of sp³-hybridized carbons (Fsp3) is 0.421. The number of fused-ring (bicyclic) bond motifs is 2. The van der Waals surface area contributed by atoms with Crippen LogP contribution in [0, 0.1) is 12.8 Å². The van der Waals surface area contributed by atoms with Crippen molar-refractivity contribution in [1.29, 1.82) is 0 Å². The molecule has 3 atom stereocenters. The highest BCUT2D eigenvalue weighted by atomic mass is 32.1. The van der Waals surface area contributed by atoms with Crippen LogP contribution in [0.2, 0.25) is 0 Å². The molecule has 0 radical (unpaired) electrons. The van der Waals surface area contributed by atoms with E-state index in [1.54, 1.807) is 11.3 Å². The zero-order chi connectivity index (χ0) is 15.8. The van der Waals surface area contributed by atoms with E-state index in [1.165, 1.54) is 30.6 Å². The SMILES string of the molecule is Cc1ccc(-c2ccc(C(=O)N[C@@H]3C[C@@H]4CCN(C4)C3)s2)cc1. The van der Waals surface area contributed by atoms with Crippen LogP contribution in [-0.4, -0.2) is 36.5 Å². The van der Waals surface area contributed by atoms with Crippen LogP contribution in [0.5, 0.6) is 0 Å². The number of carbonyl (C=O) groups excluding carboxylic acids is 1. The lowest BCUT2D eigenvalue weighted by Crippen LogP contribution is -2.46. The first-order valence-corrected chi connectivity index (χ1v) is 9.19. The number of amides is 1. The van der Waals surface area contributed by atoms with Crippen molar-refractivity contribution in [2.75, 3.05) is 19.6 Å². The maximum atomic E-state index is 12.5. The van der Waals surface area contributed by atoms with Crippen molar-refractivity contribution in [2.45, 2.75) is 25.8 Å². The smallest absolute Gasteiger partial charge is 0.261 e. The van der Waals surface area contributed by atoms with Gasteiger partial charge in [0.05, 0.1) is 4.88 Å². The third kappa shape index (κ3) is 3.19. The molecule has 120 valence electrons. The van der Waals surface area contributed by atoms with Gasteiger partial charge in [0.15, 0.2) is 0 Å². The molecule has 1 amide bonds. The third-order valence-corrected chi connectivity index (χ3v) is 6.10. The van der Waals surface area contributed by atoms with Crippen molar-refractivity contribution < 1.29 is 4.79 Å². The number of hydrogen-bond donors (Lipinski definition) is 1. The number of thiophene rings is 1. The number of nitrogens with one attached hydrogen (secondary N) is 1. The summed E-state index contributed by atoms with van der Waals surface area (Å²) in [6.07, 6.45) is 2.43. The molecule has 3 heterocycles. The number of piperidine rings is 1.